The summed E-state index contributed by atoms with van der Waals surface area (Å²) in [5, 5.41) is 21.8. The van der Waals surface area contributed by atoms with E-state index < -0.39 is 0 Å². The monoisotopic (exact) mass is 556 g/mol. The molecule has 2 aromatic carbocycles. The first kappa shape index (κ1) is 34.1. The van der Waals surface area contributed by atoms with E-state index in [2.05, 4.69) is 119 Å². The van der Waals surface area contributed by atoms with E-state index in [1.54, 1.807) is 0 Å². The van der Waals surface area contributed by atoms with Crippen LogP contribution in [0.3, 0.4) is 0 Å². The second-order valence-electron chi connectivity index (χ2n) is 15.2. The Kier molecular flexibility index (Phi) is 11.3. The summed E-state index contributed by atoms with van der Waals surface area (Å²) < 4.78 is 0. The van der Waals surface area contributed by atoms with Crippen molar-refractivity contribution in [2.24, 2.45) is 0 Å². The van der Waals surface area contributed by atoms with Gasteiger partial charge in [0, 0.05) is 0 Å². The van der Waals surface area contributed by atoms with Gasteiger partial charge in [-0.3, -0.25) is 9.68 Å². The Labute approximate surface area is 243 Å². The number of aromatic hydroxyl groups is 2. The van der Waals surface area contributed by atoms with Crippen molar-refractivity contribution in [2.75, 3.05) is 13.2 Å². The number of phenols is 2. The van der Waals surface area contributed by atoms with Crippen molar-refractivity contribution in [2.45, 2.75) is 130 Å². The first-order valence-electron chi connectivity index (χ1n) is 14.7. The van der Waals surface area contributed by atoms with Crippen molar-refractivity contribution in [3.8, 4) is 11.5 Å². The molecule has 0 aromatic heterocycles. The van der Waals surface area contributed by atoms with Gasteiger partial charge in [0.1, 0.15) is 11.5 Å². The van der Waals surface area contributed by atoms with Gasteiger partial charge in [-0.05, 0) is 80.7 Å². The number of hydrazine groups is 1. The van der Waals surface area contributed by atoms with Crippen LogP contribution >= 0.6 is 0 Å². The second kappa shape index (κ2) is 13.2. The largest absolute Gasteiger partial charge is 0.507 e. The van der Waals surface area contributed by atoms with E-state index in [1.165, 1.54) is 11.1 Å². The number of rotatable bonds is 11. The van der Waals surface area contributed by atoms with Gasteiger partial charge in [-0.1, -0.05) is 107 Å². The molecule has 0 heterocycles. The highest BCUT2D eigenvalue weighted by Gasteiger charge is 2.27. The van der Waals surface area contributed by atoms with Crippen molar-refractivity contribution in [3.63, 3.8) is 0 Å². The molecule has 0 spiro atoms. The van der Waals surface area contributed by atoms with Crippen LogP contribution in [0.25, 0.3) is 0 Å². The highest BCUT2D eigenvalue weighted by Crippen LogP contribution is 2.41. The van der Waals surface area contributed by atoms with Crippen molar-refractivity contribution in [3.05, 3.63) is 57.6 Å². The van der Waals surface area contributed by atoms with Crippen LogP contribution in [0.4, 0.5) is 0 Å². The first-order chi connectivity index (χ1) is 18.2. The predicted molar refractivity (Wildman–Crippen MR) is 166 cm³/mol. The summed E-state index contributed by atoms with van der Waals surface area (Å²) in [6.45, 7) is 26.6. The number of hydrogen-bond donors (Lipinski definition) is 4. The molecule has 0 aliphatic carbocycles. The van der Waals surface area contributed by atoms with Crippen molar-refractivity contribution < 1.29 is 19.9 Å². The Morgan fingerprint density at radius 2 is 0.750 bits per heavy atom. The molecular formula is C34H56N2O4. The Morgan fingerprint density at radius 3 is 0.975 bits per heavy atom. The molecule has 0 saturated carbocycles. The summed E-state index contributed by atoms with van der Waals surface area (Å²) in [5.41, 5.74) is 11.2. The number of nitrogens with one attached hydrogen (secondary N) is 2. The molecule has 0 saturated heterocycles. The fourth-order valence-electron chi connectivity index (χ4n) is 4.82. The minimum absolute atomic E-state index is 0.133. The SMILES string of the molecule is CC(C)(C)c1cc(CCCONNOCCCc2cc(C(C)(C)C)c(O)c(C(C)(C)C)c2)cc(C(C)(C)C)c1O. The minimum Gasteiger partial charge on any atom is -0.507 e. The average Bonchev–Trinajstić information content (AvgIpc) is 2.78. The van der Waals surface area contributed by atoms with Crippen molar-refractivity contribution in [1.82, 2.24) is 11.2 Å². The molecule has 0 fully saturated rings. The first-order valence-corrected chi connectivity index (χ1v) is 14.7. The highest BCUT2D eigenvalue weighted by atomic mass is 16.8. The molecule has 226 valence electrons. The molecule has 0 unspecified atom stereocenters. The third-order valence-electron chi connectivity index (χ3n) is 7.18. The Morgan fingerprint density at radius 1 is 0.500 bits per heavy atom. The molecule has 0 amide bonds. The quantitative estimate of drug-likeness (QED) is 0.167. The summed E-state index contributed by atoms with van der Waals surface area (Å²) in [7, 11) is 0. The zero-order valence-corrected chi connectivity index (χ0v) is 27.3. The van der Waals surface area contributed by atoms with Gasteiger partial charge in [-0.2, -0.15) is 0 Å². The lowest BCUT2D eigenvalue weighted by Gasteiger charge is -2.28. The molecule has 0 bridgehead atoms. The summed E-state index contributed by atoms with van der Waals surface area (Å²) in [4.78, 5) is 11.0. The predicted octanol–water partition coefficient (Wildman–Crippen LogP) is 7.81. The molecule has 6 heteroatoms. The molecule has 40 heavy (non-hydrogen) atoms. The van der Waals surface area contributed by atoms with Crippen LogP contribution in [0.2, 0.25) is 0 Å². The van der Waals surface area contributed by atoms with E-state index in [0.717, 1.165) is 47.9 Å². The van der Waals surface area contributed by atoms with E-state index in [1.807, 2.05) is 0 Å². The van der Waals surface area contributed by atoms with E-state index in [0.29, 0.717) is 24.7 Å². The summed E-state index contributed by atoms with van der Waals surface area (Å²) in [6.07, 6.45) is 3.38. The molecule has 6 nitrogen and oxygen atoms in total. The molecule has 2 rings (SSSR count). The topological polar surface area (TPSA) is 83.0 Å². The zero-order chi connectivity index (χ0) is 30.5. The van der Waals surface area contributed by atoms with Gasteiger partial charge in [0.05, 0.1) is 13.2 Å². The Bertz CT molecular complexity index is 953. The maximum atomic E-state index is 10.9. The van der Waals surface area contributed by atoms with Gasteiger partial charge >= 0.3 is 0 Å². The van der Waals surface area contributed by atoms with Gasteiger partial charge in [-0.15, -0.1) is 11.2 Å². The summed E-state index contributed by atoms with van der Waals surface area (Å²) in [5.74, 6) is 0.829. The van der Waals surface area contributed by atoms with Crippen LogP contribution in [0.15, 0.2) is 24.3 Å². The summed E-state index contributed by atoms with van der Waals surface area (Å²) in [6, 6.07) is 8.51. The lowest BCUT2D eigenvalue weighted by atomic mass is 9.78. The van der Waals surface area contributed by atoms with Crippen LogP contribution in [-0.2, 0) is 44.2 Å². The molecule has 4 N–H and O–H groups in total. The van der Waals surface area contributed by atoms with Crippen LogP contribution in [0, 0.1) is 0 Å². The van der Waals surface area contributed by atoms with E-state index in [9.17, 15) is 10.2 Å². The Balaban J connectivity index is 1.79. The molecule has 2 aromatic rings. The van der Waals surface area contributed by atoms with Gasteiger partial charge in [-0.25, -0.2) is 0 Å². The molecule has 0 aliphatic heterocycles. The second-order valence-corrected chi connectivity index (χ2v) is 15.2. The van der Waals surface area contributed by atoms with E-state index in [4.69, 9.17) is 9.68 Å². The molecule has 0 radical (unpaired) electrons. The number of benzene rings is 2. The fourth-order valence-corrected chi connectivity index (χ4v) is 4.82. The number of phenolic OH excluding ortho intramolecular Hbond substituents is 2. The van der Waals surface area contributed by atoms with E-state index >= 15 is 0 Å². The lowest BCUT2D eigenvalue weighted by Crippen LogP contribution is -2.32. The smallest absolute Gasteiger partial charge is 0.123 e. The highest BCUT2D eigenvalue weighted by molar-refractivity contribution is 5.51. The molecule has 0 aliphatic rings. The van der Waals surface area contributed by atoms with E-state index in [-0.39, 0.29) is 21.7 Å². The maximum Gasteiger partial charge on any atom is 0.123 e. The lowest BCUT2D eigenvalue weighted by molar-refractivity contribution is -0.110. The summed E-state index contributed by atoms with van der Waals surface area (Å²) >= 11 is 0. The van der Waals surface area contributed by atoms with Gasteiger partial charge in [0.2, 0.25) is 0 Å². The zero-order valence-electron chi connectivity index (χ0n) is 27.3. The average molecular weight is 557 g/mol. The standard InChI is InChI=1S/C34H56N2O4/c1-31(2,3)25-19-23(20-26(29(25)37)32(4,5)6)15-13-17-39-35-36-40-18-14-16-24-21-27(33(7,8)9)30(38)28(22-24)34(10,11)12/h19-22,35-38H,13-18H2,1-12H3. The molecular weight excluding hydrogens is 500 g/mol. The van der Waals surface area contributed by atoms with Crippen LogP contribution in [-0.4, -0.2) is 23.4 Å². The van der Waals surface area contributed by atoms with Crippen molar-refractivity contribution in [1.29, 1.82) is 0 Å². The third-order valence-corrected chi connectivity index (χ3v) is 7.18. The minimum atomic E-state index is -0.133. The van der Waals surface area contributed by atoms with Crippen LogP contribution < -0.4 is 11.2 Å². The van der Waals surface area contributed by atoms with Crippen molar-refractivity contribution >= 4 is 0 Å². The molecule has 0 atom stereocenters. The maximum absolute atomic E-state index is 10.9. The third kappa shape index (κ3) is 9.76. The Hall–Kier alpha value is -2.12. The van der Waals surface area contributed by atoms with Crippen LogP contribution in [0.1, 0.15) is 129 Å². The van der Waals surface area contributed by atoms with Gasteiger partial charge in [0.15, 0.2) is 0 Å². The number of aryl methyl sites for hydroxylation is 2. The number of hydrogen-bond acceptors (Lipinski definition) is 6. The normalized spacial score (nSPS) is 13.2. The fraction of sp³-hybridized carbons (Fsp3) is 0.647. The van der Waals surface area contributed by atoms with Gasteiger partial charge < -0.3 is 10.2 Å². The van der Waals surface area contributed by atoms with Gasteiger partial charge in [0.25, 0.3) is 0 Å². The van der Waals surface area contributed by atoms with Crippen LogP contribution in [0.5, 0.6) is 11.5 Å².